The number of carbonyl (C=O) groups excluding carboxylic acids is 1. The number of nitrogens with zero attached hydrogens (tertiary/aromatic N) is 1. The number of aryl methyl sites for hydroxylation is 2. The lowest BCUT2D eigenvalue weighted by Gasteiger charge is -2.31. The second-order valence-electron chi connectivity index (χ2n) is 6.54. The largest absolute Gasteiger partial charge is 0.461 e. The predicted molar refractivity (Wildman–Crippen MR) is 99.2 cm³/mol. The third-order valence-electron chi connectivity index (χ3n) is 4.92. The molecule has 0 bridgehead atoms. The number of carbonyl (C=O) groups is 1. The average molecular weight is 372 g/mol. The molecule has 1 saturated heterocycles. The zero-order valence-electron chi connectivity index (χ0n) is 14.6. The SMILES string of the molecule is C#CCCOC(=O)c1c(C)nc2sc3c(c2c1N)CCC1(C3)OCCO1. The molecule has 1 aliphatic carbocycles. The van der Waals surface area contributed by atoms with Gasteiger partial charge in [-0.2, -0.15) is 0 Å². The topological polar surface area (TPSA) is 83.7 Å². The standard InChI is InChI=1S/C19H20N2O4S/c1-3-4-7-23-18(22)14-11(2)21-17-15(16(14)20)12-5-6-19(10-13(12)26-17)24-8-9-25-19/h1H,4-10H2,2H3,(H2,20,21). The summed E-state index contributed by atoms with van der Waals surface area (Å²) >= 11 is 1.60. The minimum Gasteiger partial charge on any atom is -0.461 e. The molecule has 0 unspecified atom stereocenters. The Morgan fingerprint density at radius 1 is 1.46 bits per heavy atom. The molecule has 2 N–H and O–H groups in total. The van der Waals surface area contributed by atoms with Crippen LogP contribution in [-0.4, -0.2) is 36.6 Å². The van der Waals surface area contributed by atoms with Crippen LogP contribution >= 0.6 is 11.3 Å². The van der Waals surface area contributed by atoms with E-state index in [0.717, 1.165) is 28.6 Å². The van der Waals surface area contributed by atoms with Gasteiger partial charge in [-0.3, -0.25) is 0 Å². The van der Waals surface area contributed by atoms with Gasteiger partial charge in [0.1, 0.15) is 17.0 Å². The molecule has 0 saturated carbocycles. The molecule has 1 spiro atoms. The van der Waals surface area contributed by atoms with Crippen molar-refractivity contribution in [1.82, 2.24) is 4.98 Å². The molecular formula is C19H20N2O4S. The first kappa shape index (κ1) is 17.3. The molecule has 26 heavy (non-hydrogen) atoms. The first-order chi connectivity index (χ1) is 12.5. The summed E-state index contributed by atoms with van der Waals surface area (Å²) in [5.41, 5.74) is 8.90. The molecule has 4 rings (SSSR count). The second-order valence-corrected chi connectivity index (χ2v) is 7.63. The highest BCUT2D eigenvalue weighted by atomic mass is 32.1. The van der Waals surface area contributed by atoms with Gasteiger partial charge in [-0.05, 0) is 18.9 Å². The predicted octanol–water partition coefficient (Wildman–Crippen LogP) is 2.60. The summed E-state index contributed by atoms with van der Waals surface area (Å²) in [5, 5.41) is 0.868. The van der Waals surface area contributed by atoms with E-state index in [1.54, 1.807) is 18.3 Å². The average Bonchev–Trinajstić information content (AvgIpc) is 3.19. The molecule has 1 aliphatic heterocycles. The van der Waals surface area contributed by atoms with E-state index in [0.29, 0.717) is 43.0 Å². The fraction of sp³-hybridized carbons (Fsp3) is 0.474. The van der Waals surface area contributed by atoms with Gasteiger partial charge in [0.05, 0.1) is 24.6 Å². The Bertz CT molecular complexity index is 922. The smallest absolute Gasteiger partial charge is 0.342 e. The number of anilines is 1. The molecule has 0 atom stereocenters. The van der Waals surface area contributed by atoms with Crippen LogP contribution in [0.2, 0.25) is 0 Å². The Balaban J connectivity index is 1.74. The van der Waals surface area contributed by atoms with Crippen LogP contribution in [0.25, 0.3) is 10.2 Å². The third kappa shape index (κ3) is 2.75. The molecule has 6 nitrogen and oxygen atoms in total. The van der Waals surface area contributed by atoms with Crippen molar-refractivity contribution in [3.8, 4) is 12.3 Å². The number of hydrogen-bond donors (Lipinski definition) is 1. The Hall–Kier alpha value is -2.14. The molecule has 0 radical (unpaired) electrons. The van der Waals surface area contributed by atoms with Crippen molar-refractivity contribution >= 4 is 33.2 Å². The molecular weight excluding hydrogens is 352 g/mol. The van der Waals surface area contributed by atoms with Gasteiger partial charge in [-0.15, -0.1) is 23.7 Å². The fourth-order valence-electron chi connectivity index (χ4n) is 3.71. The number of hydrogen-bond acceptors (Lipinski definition) is 7. The Morgan fingerprint density at radius 3 is 2.96 bits per heavy atom. The summed E-state index contributed by atoms with van der Waals surface area (Å²) in [4.78, 5) is 19.1. The van der Waals surface area contributed by atoms with Crippen LogP contribution in [0.15, 0.2) is 0 Å². The molecule has 2 aliphatic rings. The lowest BCUT2D eigenvalue weighted by molar-refractivity contribution is -0.163. The van der Waals surface area contributed by atoms with Crippen molar-refractivity contribution in [1.29, 1.82) is 0 Å². The summed E-state index contributed by atoms with van der Waals surface area (Å²) in [7, 11) is 0. The molecule has 136 valence electrons. The van der Waals surface area contributed by atoms with Gasteiger partial charge >= 0.3 is 5.97 Å². The number of fused-ring (bicyclic) bond motifs is 3. The highest BCUT2D eigenvalue weighted by molar-refractivity contribution is 7.19. The fourth-order valence-corrected chi connectivity index (χ4v) is 5.08. The maximum absolute atomic E-state index is 12.5. The van der Waals surface area contributed by atoms with Gasteiger partial charge in [0.25, 0.3) is 0 Å². The van der Waals surface area contributed by atoms with Gasteiger partial charge in [0.2, 0.25) is 0 Å². The molecule has 2 aromatic heterocycles. The summed E-state index contributed by atoms with van der Waals surface area (Å²) in [6, 6.07) is 0. The lowest BCUT2D eigenvalue weighted by Crippen LogP contribution is -2.36. The Kier molecular flexibility index (Phi) is 4.35. The van der Waals surface area contributed by atoms with E-state index in [4.69, 9.17) is 26.4 Å². The van der Waals surface area contributed by atoms with Crippen LogP contribution < -0.4 is 5.73 Å². The van der Waals surface area contributed by atoms with Crippen LogP contribution in [-0.2, 0) is 27.1 Å². The first-order valence-electron chi connectivity index (χ1n) is 8.63. The van der Waals surface area contributed by atoms with Gasteiger partial charge < -0.3 is 19.9 Å². The van der Waals surface area contributed by atoms with Gasteiger partial charge in [0, 0.05) is 29.5 Å². The van der Waals surface area contributed by atoms with Gasteiger partial charge in [0.15, 0.2) is 5.79 Å². The van der Waals surface area contributed by atoms with E-state index >= 15 is 0 Å². The lowest BCUT2D eigenvalue weighted by atomic mass is 9.91. The van der Waals surface area contributed by atoms with Crippen LogP contribution in [0.5, 0.6) is 0 Å². The summed E-state index contributed by atoms with van der Waals surface area (Å²) in [6.07, 6.45) is 7.84. The van der Waals surface area contributed by atoms with Gasteiger partial charge in [-0.25, -0.2) is 9.78 Å². The maximum atomic E-state index is 12.5. The monoisotopic (exact) mass is 372 g/mol. The number of nitrogen functional groups attached to an aromatic ring is 1. The zero-order chi connectivity index (χ0) is 18.3. The van der Waals surface area contributed by atoms with Crippen molar-refractivity contribution in [3.63, 3.8) is 0 Å². The first-order valence-corrected chi connectivity index (χ1v) is 9.45. The van der Waals surface area contributed by atoms with Gasteiger partial charge in [-0.1, -0.05) is 0 Å². The van der Waals surface area contributed by atoms with Crippen molar-refractivity contribution in [3.05, 3.63) is 21.7 Å². The van der Waals surface area contributed by atoms with E-state index in [2.05, 4.69) is 10.9 Å². The van der Waals surface area contributed by atoms with Crippen molar-refractivity contribution in [2.45, 2.75) is 38.4 Å². The van der Waals surface area contributed by atoms with Crippen molar-refractivity contribution in [2.24, 2.45) is 0 Å². The number of aromatic nitrogens is 1. The summed E-state index contributed by atoms with van der Waals surface area (Å²) in [5.74, 6) is 1.47. The summed E-state index contributed by atoms with van der Waals surface area (Å²) < 4.78 is 16.9. The van der Waals surface area contributed by atoms with E-state index in [1.165, 1.54) is 4.88 Å². The van der Waals surface area contributed by atoms with Crippen molar-refractivity contribution in [2.75, 3.05) is 25.6 Å². The minimum atomic E-state index is -0.505. The van der Waals surface area contributed by atoms with Crippen molar-refractivity contribution < 1.29 is 19.0 Å². The Labute approximate surface area is 155 Å². The second kappa shape index (κ2) is 6.54. The number of pyridine rings is 1. The molecule has 2 aromatic rings. The number of ether oxygens (including phenoxy) is 3. The molecule has 7 heteroatoms. The molecule has 3 heterocycles. The van der Waals surface area contributed by atoms with E-state index in [1.807, 2.05) is 0 Å². The molecule has 0 amide bonds. The minimum absolute atomic E-state index is 0.172. The number of nitrogens with two attached hydrogens (primary N) is 1. The third-order valence-corrected chi connectivity index (χ3v) is 6.05. The van der Waals surface area contributed by atoms with E-state index in [-0.39, 0.29) is 6.61 Å². The number of esters is 1. The van der Waals surface area contributed by atoms with E-state index in [9.17, 15) is 4.79 Å². The van der Waals surface area contributed by atoms with Crippen LogP contribution in [0.3, 0.4) is 0 Å². The van der Waals surface area contributed by atoms with Crippen LogP contribution in [0, 0.1) is 19.3 Å². The Morgan fingerprint density at radius 2 is 2.23 bits per heavy atom. The summed E-state index contributed by atoms with van der Waals surface area (Å²) in [6.45, 7) is 3.21. The number of terminal acetylenes is 1. The number of thiophene rings is 1. The molecule has 0 aromatic carbocycles. The quantitative estimate of drug-likeness (QED) is 0.507. The highest BCUT2D eigenvalue weighted by Crippen LogP contribution is 2.44. The molecule has 1 fully saturated rings. The zero-order valence-corrected chi connectivity index (χ0v) is 15.4. The maximum Gasteiger partial charge on any atom is 0.342 e. The highest BCUT2D eigenvalue weighted by Gasteiger charge is 2.41. The normalized spacial score (nSPS) is 18.0. The van der Waals surface area contributed by atoms with Crippen LogP contribution in [0.1, 0.15) is 39.3 Å². The number of rotatable bonds is 3. The van der Waals surface area contributed by atoms with E-state index < -0.39 is 11.8 Å². The van der Waals surface area contributed by atoms with Crippen LogP contribution in [0.4, 0.5) is 5.69 Å².